The van der Waals surface area contributed by atoms with Crippen molar-refractivity contribution in [1.29, 1.82) is 0 Å². The van der Waals surface area contributed by atoms with Gasteiger partial charge in [-0.3, -0.25) is 0 Å². The van der Waals surface area contributed by atoms with Crippen LogP contribution in [-0.2, 0) is 11.3 Å². The van der Waals surface area contributed by atoms with Crippen molar-refractivity contribution in [2.24, 2.45) is 0 Å². The number of rotatable bonds is 5. The molecule has 0 saturated heterocycles. The third-order valence-corrected chi connectivity index (χ3v) is 4.02. The van der Waals surface area contributed by atoms with E-state index in [0.717, 1.165) is 28.0 Å². The Labute approximate surface area is 141 Å². The molecule has 5 nitrogen and oxygen atoms in total. The normalized spacial score (nSPS) is 12.6. The lowest BCUT2D eigenvalue weighted by Crippen LogP contribution is -2.04. The first-order valence-electron chi connectivity index (χ1n) is 7.51. The maximum atomic E-state index is 5.64. The lowest BCUT2D eigenvalue weighted by molar-refractivity contribution is 0.232. The van der Waals surface area contributed by atoms with Gasteiger partial charge in [0.15, 0.2) is 11.5 Å². The molecule has 5 heteroatoms. The highest BCUT2D eigenvalue weighted by Crippen LogP contribution is 2.42. The second-order valence-corrected chi connectivity index (χ2v) is 5.28. The molecule has 0 N–H and O–H groups in total. The van der Waals surface area contributed by atoms with E-state index in [-0.39, 0.29) is 0 Å². The largest absolute Gasteiger partial charge is 0.497 e. The van der Waals surface area contributed by atoms with Gasteiger partial charge in [0.1, 0.15) is 12.4 Å². The molecule has 0 bridgehead atoms. The van der Waals surface area contributed by atoms with Crippen molar-refractivity contribution in [3.63, 3.8) is 0 Å². The molecule has 3 rings (SSSR count). The SMILES string of the molecule is COc1ccc2c(c1)COC=C2c1cc(OC)c(OC)c(OC)c1. The zero-order valence-electron chi connectivity index (χ0n) is 14.2. The number of methoxy groups -OCH3 is 4. The zero-order valence-corrected chi connectivity index (χ0v) is 14.2. The van der Waals surface area contributed by atoms with Crippen LogP contribution >= 0.6 is 0 Å². The number of fused-ring (bicyclic) bond motifs is 1. The second-order valence-electron chi connectivity index (χ2n) is 5.28. The maximum Gasteiger partial charge on any atom is 0.203 e. The fraction of sp³-hybridized carbons (Fsp3) is 0.263. The second kappa shape index (κ2) is 6.74. The van der Waals surface area contributed by atoms with E-state index in [9.17, 15) is 0 Å². The quantitative estimate of drug-likeness (QED) is 0.838. The van der Waals surface area contributed by atoms with Crippen LogP contribution < -0.4 is 18.9 Å². The van der Waals surface area contributed by atoms with Gasteiger partial charge in [0.2, 0.25) is 5.75 Å². The van der Waals surface area contributed by atoms with E-state index in [4.69, 9.17) is 23.7 Å². The highest BCUT2D eigenvalue weighted by Gasteiger charge is 2.20. The van der Waals surface area contributed by atoms with Crippen LogP contribution in [0.15, 0.2) is 36.6 Å². The van der Waals surface area contributed by atoms with Crippen molar-refractivity contribution in [2.45, 2.75) is 6.61 Å². The van der Waals surface area contributed by atoms with Gasteiger partial charge in [0.25, 0.3) is 0 Å². The van der Waals surface area contributed by atoms with E-state index >= 15 is 0 Å². The van der Waals surface area contributed by atoms with Gasteiger partial charge >= 0.3 is 0 Å². The minimum atomic E-state index is 0.514. The third kappa shape index (κ3) is 2.73. The molecule has 0 unspecified atom stereocenters. The lowest BCUT2D eigenvalue weighted by atomic mass is 9.93. The Morgan fingerprint density at radius 3 is 2.12 bits per heavy atom. The predicted molar refractivity (Wildman–Crippen MR) is 91.0 cm³/mol. The van der Waals surface area contributed by atoms with Crippen LogP contribution in [0, 0.1) is 0 Å². The zero-order chi connectivity index (χ0) is 17.1. The van der Waals surface area contributed by atoms with Gasteiger partial charge in [-0.25, -0.2) is 0 Å². The Kier molecular flexibility index (Phi) is 4.51. The molecule has 1 aliphatic heterocycles. The maximum absolute atomic E-state index is 5.64. The Hall–Kier alpha value is -2.82. The van der Waals surface area contributed by atoms with E-state index < -0.39 is 0 Å². The van der Waals surface area contributed by atoms with Crippen LogP contribution in [0.25, 0.3) is 5.57 Å². The van der Waals surface area contributed by atoms with Crippen molar-refractivity contribution in [2.75, 3.05) is 28.4 Å². The molecular formula is C19H20O5. The van der Waals surface area contributed by atoms with Gasteiger partial charge in [-0.15, -0.1) is 0 Å². The van der Waals surface area contributed by atoms with Gasteiger partial charge in [0.05, 0.1) is 34.7 Å². The standard InChI is InChI=1S/C19H20O5/c1-20-14-5-6-15-13(7-14)10-24-11-16(15)12-8-17(21-2)19(23-4)18(9-12)22-3/h5-9,11H,10H2,1-4H3. The molecule has 0 amide bonds. The molecule has 2 aromatic rings. The number of benzene rings is 2. The van der Waals surface area contributed by atoms with E-state index in [1.54, 1.807) is 34.7 Å². The van der Waals surface area contributed by atoms with Gasteiger partial charge in [-0.05, 0) is 35.4 Å². The highest BCUT2D eigenvalue weighted by molar-refractivity contribution is 5.83. The smallest absolute Gasteiger partial charge is 0.203 e. The highest BCUT2D eigenvalue weighted by atomic mass is 16.5. The Balaban J connectivity index is 2.12. The summed E-state index contributed by atoms with van der Waals surface area (Å²) in [4.78, 5) is 0. The van der Waals surface area contributed by atoms with E-state index in [0.29, 0.717) is 23.9 Å². The summed E-state index contributed by atoms with van der Waals surface area (Å²) in [7, 11) is 6.45. The Morgan fingerprint density at radius 2 is 1.54 bits per heavy atom. The van der Waals surface area contributed by atoms with Crippen LogP contribution in [-0.4, -0.2) is 28.4 Å². The Bertz CT molecular complexity index is 754. The summed E-state index contributed by atoms with van der Waals surface area (Å²) in [5.41, 5.74) is 4.05. The van der Waals surface area contributed by atoms with E-state index in [1.165, 1.54) is 0 Å². The Morgan fingerprint density at radius 1 is 0.833 bits per heavy atom. The summed E-state index contributed by atoms with van der Waals surface area (Å²) in [6.07, 6.45) is 1.76. The summed E-state index contributed by atoms with van der Waals surface area (Å²) in [6.45, 7) is 0.514. The molecular weight excluding hydrogens is 308 g/mol. The van der Waals surface area contributed by atoms with E-state index in [2.05, 4.69) is 0 Å². The molecule has 0 spiro atoms. The summed E-state index contributed by atoms with van der Waals surface area (Å²) in [5.74, 6) is 2.58. The monoisotopic (exact) mass is 328 g/mol. The van der Waals surface area contributed by atoms with Crippen molar-refractivity contribution in [3.05, 3.63) is 53.3 Å². The van der Waals surface area contributed by atoms with Crippen LogP contribution in [0.2, 0.25) is 0 Å². The fourth-order valence-electron chi connectivity index (χ4n) is 2.82. The summed E-state index contributed by atoms with van der Waals surface area (Å²) in [6, 6.07) is 9.79. The lowest BCUT2D eigenvalue weighted by Gasteiger charge is -2.21. The third-order valence-electron chi connectivity index (χ3n) is 4.02. The summed E-state index contributed by atoms with van der Waals surface area (Å²) >= 11 is 0. The van der Waals surface area contributed by atoms with Crippen LogP contribution in [0.5, 0.6) is 23.0 Å². The van der Waals surface area contributed by atoms with Crippen molar-refractivity contribution >= 4 is 5.57 Å². The summed E-state index contributed by atoms with van der Waals surface area (Å²) in [5, 5.41) is 0. The molecule has 0 radical (unpaired) electrons. The molecule has 0 aliphatic carbocycles. The van der Waals surface area contributed by atoms with Crippen molar-refractivity contribution < 1.29 is 23.7 Å². The molecule has 24 heavy (non-hydrogen) atoms. The molecule has 126 valence electrons. The van der Waals surface area contributed by atoms with Crippen LogP contribution in [0.1, 0.15) is 16.7 Å². The van der Waals surface area contributed by atoms with Crippen molar-refractivity contribution in [1.82, 2.24) is 0 Å². The van der Waals surface area contributed by atoms with Gasteiger partial charge in [-0.1, -0.05) is 6.07 Å². The average Bonchev–Trinajstić information content (AvgIpc) is 2.65. The molecule has 0 saturated carbocycles. The first-order valence-corrected chi connectivity index (χ1v) is 7.51. The molecule has 0 atom stereocenters. The first kappa shape index (κ1) is 16.1. The predicted octanol–water partition coefficient (Wildman–Crippen LogP) is 3.64. The van der Waals surface area contributed by atoms with Gasteiger partial charge in [-0.2, -0.15) is 0 Å². The van der Waals surface area contributed by atoms with Gasteiger partial charge < -0.3 is 23.7 Å². The fourth-order valence-corrected chi connectivity index (χ4v) is 2.82. The van der Waals surface area contributed by atoms with Crippen molar-refractivity contribution in [3.8, 4) is 23.0 Å². The molecule has 2 aromatic carbocycles. The summed E-state index contributed by atoms with van der Waals surface area (Å²) < 4.78 is 27.2. The minimum absolute atomic E-state index is 0.514. The average molecular weight is 328 g/mol. The number of hydrogen-bond donors (Lipinski definition) is 0. The molecule has 0 fully saturated rings. The topological polar surface area (TPSA) is 46.2 Å². The minimum Gasteiger partial charge on any atom is -0.497 e. The molecule has 0 aromatic heterocycles. The number of hydrogen-bond acceptors (Lipinski definition) is 5. The van der Waals surface area contributed by atoms with Gasteiger partial charge in [0, 0.05) is 11.1 Å². The van der Waals surface area contributed by atoms with Crippen LogP contribution in [0.4, 0.5) is 0 Å². The first-order chi connectivity index (χ1) is 11.7. The molecule has 1 aliphatic rings. The number of ether oxygens (including phenoxy) is 5. The van der Waals surface area contributed by atoms with Crippen LogP contribution in [0.3, 0.4) is 0 Å². The molecule has 1 heterocycles. The van der Waals surface area contributed by atoms with E-state index in [1.807, 2.05) is 30.3 Å².